The van der Waals surface area contributed by atoms with Crippen molar-refractivity contribution in [3.05, 3.63) is 125 Å². The number of esters is 4. The van der Waals surface area contributed by atoms with Crippen LogP contribution in [-0.4, -0.2) is 49.7 Å². The van der Waals surface area contributed by atoms with Crippen molar-refractivity contribution < 1.29 is 52.4 Å². The van der Waals surface area contributed by atoms with Gasteiger partial charge in [-0.1, -0.05) is 54.6 Å². The Morgan fingerprint density at radius 1 is 0.627 bits per heavy atom. The molecular formula is C40H32O11. The average molecular weight is 689 g/mol. The van der Waals surface area contributed by atoms with Gasteiger partial charge in [0.25, 0.3) is 0 Å². The molecule has 0 spiro atoms. The minimum Gasteiger partial charge on any atom is -0.490 e. The molecule has 0 aromatic heterocycles. The predicted octanol–water partition coefficient (Wildman–Crippen LogP) is 5.82. The van der Waals surface area contributed by atoms with Crippen molar-refractivity contribution in [2.45, 2.75) is 24.7 Å². The van der Waals surface area contributed by atoms with Gasteiger partial charge in [0.05, 0.1) is 24.2 Å². The van der Waals surface area contributed by atoms with Crippen LogP contribution in [0.15, 0.2) is 103 Å². The molecule has 4 atom stereocenters. The Morgan fingerprint density at radius 2 is 1.24 bits per heavy atom. The van der Waals surface area contributed by atoms with Gasteiger partial charge in [-0.05, 0) is 83.6 Å². The third-order valence-corrected chi connectivity index (χ3v) is 9.11. The summed E-state index contributed by atoms with van der Waals surface area (Å²) in [5.74, 6) is -3.02. The van der Waals surface area contributed by atoms with Crippen LogP contribution in [0.4, 0.5) is 0 Å². The van der Waals surface area contributed by atoms with Gasteiger partial charge in [0.1, 0.15) is 36.2 Å². The summed E-state index contributed by atoms with van der Waals surface area (Å²) in [5, 5.41) is 0. The van der Waals surface area contributed by atoms with Gasteiger partial charge < -0.3 is 28.4 Å². The van der Waals surface area contributed by atoms with E-state index in [0.717, 1.165) is 5.56 Å². The molecule has 0 amide bonds. The van der Waals surface area contributed by atoms with Crippen molar-refractivity contribution in [2.24, 2.45) is 11.8 Å². The van der Waals surface area contributed by atoms with E-state index in [9.17, 15) is 24.0 Å². The molecular weight excluding hydrogens is 656 g/mol. The second-order valence-corrected chi connectivity index (χ2v) is 12.3. The van der Waals surface area contributed by atoms with E-state index in [1.165, 1.54) is 0 Å². The highest BCUT2D eigenvalue weighted by atomic mass is 16.7. The lowest BCUT2D eigenvalue weighted by Gasteiger charge is -2.33. The van der Waals surface area contributed by atoms with Crippen LogP contribution >= 0.6 is 0 Å². The Hall–Kier alpha value is -6.23. The number of carbonyl (C=O) groups excluding carboxylic acids is 5. The minimum atomic E-state index is -0.797. The summed E-state index contributed by atoms with van der Waals surface area (Å²) in [6.45, 7) is 0.401. The van der Waals surface area contributed by atoms with E-state index in [-0.39, 0.29) is 38.6 Å². The summed E-state index contributed by atoms with van der Waals surface area (Å²) < 4.78 is 32.8. The molecule has 0 N–H and O–H groups in total. The first-order chi connectivity index (χ1) is 24.8. The number of hydrogen-bond acceptors (Lipinski definition) is 11. The van der Waals surface area contributed by atoms with E-state index in [4.69, 9.17) is 28.4 Å². The van der Waals surface area contributed by atoms with Crippen molar-refractivity contribution in [1.29, 1.82) is 0 Å². The Kier molecular flexibility index (Phi) is 9.60. The molecule has 0 saturated carbocycles. The van der Waals surface area contributed by atoms with E-state index in [2.05, 4.69) is 0 Å². The van der Waals surface area contributed by atoms with Crippen LogP contribution in [0.25, 0.3) is 6.08 Å². The monoisotopic (exact) mass is 688 g/mol. The molecule has 11 heteroatoms. The minimum absolute atomic E-state index is 0.00635. The van der Waals surface area contributed by atoms with Crippen LogP contribution < -0.4 is 18.9 Å². The van der Waals surface area contributed by atoms with Gasteiger partial charge in [0.2, 0.25) is 6.79 Å². The Balaban J connectivity index is 0.871. The van der Waals surface area contributed by atoms with E-state index in [1.54, 1.807) is 78.9 Å². The molecule has 4 aromatic rings. The zero-order valence-corrected chi connectivity index (χ0v) is 27.2. The maximum atomic E-state index is 12.6. The molecule has 4 aromatic carbocycles. The smallest absolute Gasteiger partial charge is 0.321 e. The Morgan fingerprint density at radius 3 is 1.90 bits per heavy atom. The molecule has 0 radical (unpaired) electrons. The van der Waals surface area contributed by atoms with Crippen LogP contribution in [0.3, 0.4) is 0 Å². The first-order valence-electron chi connectivity index (χ1n) is 16.4. The number of ether oxygens (including phenoxy) is 6. The largest absolute Gasteiger partial charge is 0.490 e. The van der Waals surface area contributed by atoms with E-state index in [0.29, 0.717) is 39.7 Å². The number of allylic oxidation sites excluding steroid dienone is 1. The number of carbonyl (C=O) groups is 5. The van der Waals surface area contributed by atoms with Gasteiger partial charge in [-0.2, -0.15) is 0 Å². The maximum Gasteiger partial charge on any atom is 0.321 e. The number of hydrogen-bond donors (Lipinski definition) is 0. The highest BCUT2D eigenvalue weighted by Gasteiger charge is 2.53. The van der Waals surface area contributed by atoms with E-state index >= 15 is 0 Å². The van der Waals surface area contributed by atoms with Gasteiger partial charge in [0.15, 0.2) is 5.78 Å². The Labute approximate surface area is 292 Å². The highest BCUT2D eigenvalue weighted by molar-refractivity contribution is 6.06. The average Bonchev–Trinajstić information content (AvgIpc) is 3.64. The lowest BCUT2D eigenvalue weighted by molar-refractivity contribution is -0.155. The van der Waals surface area contributed by atoms with Gasteiger partial charge in [-0.3, -0.25) is 24.0 Å². The topological polar surface area (TPSA) is 141 Å². The predicted molar refractivity (Wildman–Crippen MR) is 180 cm³/mol. The molecule has 4 unspecified atom stereocenters. The molecule has 51 heavy (non-hydrogen) atoms. The molecule has 0 bridgehead atoms. The van der Waals surface area contributed by atoms with Gasteiger partial charge >= 0.3 is 23.9 Å². The number of fused-ring (bicyclic) bond motifs is 3. The zero-order valence-electron chi connectivity index (χ0n) is 27.2. The molecule has 11 nitrogen and oxygen atoms in total. The molecule has 258 valence electrons. The summed E-state index contributed by atoms with van der Waals surface area (Å²) in [4.78, 5) is 61.5. The molecule has 2 saturated heterocycles. The molecule has 3 aliphatic rings. The first-order valence-corrected chi connectivity index (χ1v) is 16.4. The zero-order chi connectivity index (χ0) is 35.3. The van der Waals surface area contributed by atoms with Crippen molar-refractivity contribution in [3.8, 4) is 23.0 Å². The van der Waals surface area contributed by atoms with Crippen LogP contribution in [-0.2, 0) is 28.7 Å². The van der Waals surface area contributed by atoms with Crippen molar-refractivity contribution in [1.82, 2.24) is 0 Å². The van der Waals surface area contributed by atoms with Crippen LogP contribution in [0.1, 0.15) is 51.7 Å². The number of rotatable bonds is 13. The SMILES string of the molecule is O=C1CC(C2CC3C(=O)OC(=O)C3c3cc(OCCOc4ccc(OCOc5ccc(C=CC(=O)c6ccccc6)cc5)cc4)ccc32)C(=O)O1. The number of ketones is 1. The summed E-state index contributed by atoms with van der Waals surface area (Å²) >= 11 is 0. The van der Waals surface area contributed by atoms with Gasteiger partial charge in [0, 0.05) is 5.56 Å². The summed E-state index contributed by atoms with van der Waals surface area (Å²) in [7, 11) is 0. The first kappa shape index (κ1) is 33.3. The summed E-state index contributed by atoms with van der Waals surface area (Å²) in [5.41, 5.74) is 2.76. The third kappa shape index (κ3) is 7.52. The van der Waals surface area contributed by atoms with E-state index in [1.807, 2.05) is 30.3 Å². The van der Waals surface area contributed by atoms with Crippen LogP contribution in [0.5, 0.6) is 23.0 Å². The number of benzene rings is 4. The van der Waals surface area contributed by atoms with Gasteiger partial charge in [-0.15, -0.1) is 0 Å². The van der Waals surface area contributed by atoms with Crippen molar-refractivity contribution >= 4 is 35.7 Å². The second-order valence-electron chi connectivity index (χ2n) is 12.3. The molecule has 2 aliphatic heterocycles. The van der Waals surface area contributed by atoms with Gasteiger partial charge in [-0.25, -0.2) is 0 Å². The standard InChI is InChI=1S/C40H32O11/c41-35(25-4-2-1-3-5-25)17-8-24-6-9-27(10-7-24)48-23-49-28-13-11-26(12-14-28)46-18-19-47-29-15-16-30-31(33-22-36(42)50-38(33)43)21-34-37(32(30)20-29)40(45)51-39(34)44/h1-17,20,31,33-34,37H,18-19,21-23H2. The van der Waals surface area contributed by atoms with Crippen molar-refractivity contribution in [2.75, 3.05) is 20.0 Å². The molecule has 2 heterocycles. The summed E-state index contributed by atoms with van der Waals surface area (Å²) in [6, 6.07) is 28.6. The van der Waals surface area contributed by atoms with E-state index < -0.39 is 47.5 Å². The fourth-order valence-electron chi connectivity index (χ4n) is 6.61. The van der Waals surface area contributed by atoms with Crippen molar-refractivity contribution in [3.63, 3.8) is 0 Å². The quantitative estimate of drug-likeness (QED) is 0.0419. The number of cyclic esters (lactones) is 4. The normalized spacial score (nSPS) is 20.7. The molecule has 1 aliphatic carbocycles. The lowest BCUT2D eigenvalue weighted by atomic mass is 9.67. The van der Waals surface area contributed by atoms with Crippen LogP contribution in [0.2, 0.25) is 0 Å². The lowest BCUT2D eigenvalue weighted by Crippen LogP contribution is -2.31. The van der Waals surface area contributed by atoms with Crippen LogP contribution in [0, 0.1) is 11.8 Å². The molecule has 7 rings (SSSR count). The third-order valence-electron chi connectivity index (χ3n) is 9.11. The second kappa shape index (κ2) is 14.7. The summed E-state index contributed by atoms with van der Waals surface area (Å²) in [6.07, 6.45) is 3.44. The Bertz CT molecular complexity index is 1980. The fraction of sp³-hybridized carbons (Fsp3) is 0.225. The highest BCUT2D eigenvalue weighted by Crippen LogP contribution is 2.51. The maximum absolute atomic E-state index is 12.6. The molecule has 2 fully saturated rings. The fourth-order valence-corrected chi connectivity index (χ4v) is 6.61.